The molecule has 0 bridgehead atoms. The summed E-state index contributed by atoms with van der Waals surface area (Å²) >= 11 is 3.24. The first-order valence-corrected chi connectivity index (χ1v) is 6.46. The first-order chi connectivity index (χ1) is 9.06. The summed E-state index contributed by atoms with van der Waals surface area (Å²) in [6, 6.07) is 9.73. The van der Waals surface area contributed by atoms with Crippen LogP contribution >= 0.6 is 15.9 Å². The molecule has 96 valence electrons. The Kier molecular flexibility index (Phi) is 2.78. The first kappa shape index (κ1) is 12.2. The largest absolute Gasteiger partial charge is 0.507 e. The molecule has 0 atom stereocenters. The molecule has 1 aromatic heterocycles. The van der Waals surface area contributed by atoms with Gasteiger partial charge in [0, 0.05) is 18.7 Å². The van der Waals surface area contributed by atoms with E-state index in [4.69, 9.17) is 0 Å². The summed E-state index contributed by atoms with van der Waals surface area (Å²) in [5, 5.41) is 9.73. The zero-order valence-corrected chi connectivity index (χ0v) is 11.6. The van der Waals surface area contributed by atoms with Gasteiger partial charge in [-0.3, -0.25) is 0 Å². The van der Waals surface area contributed by atoms with Crippen molar-refractivity contribution in [3.8, 4) is 17.1 Å². The van der Waals surface area contributed by atoms with Crippen molar-refractivity contribution in [1.29, 1.82) is 0 Å². The number of phenols is 1. The van der Waals surface area contributed by atoms with Crippen molar-refractivity contribution in [3.05, 3.63) is 46.7 Å². The predicted molar refractivity (Wildman–Crippen MR) is 75.5 cm³/mol. The van der Waals surface area contributed by atoms with Gasteiger partial charge in [0.15, 0.2) is 0 Å². The van der Waals surface area contributed by atoms with E-state index in [9.17, 15) is 9.50 Å². The van der Waals surface area contributed by atoms with Crippen LogP contribution in [0.2, 0.25) is 0 Å². The van der Waals surface area contributed by atoms with Crippen molar-refractivity contribution in [2.24, 2.45) is 7.05 Å². The Morgan fingerprint density at radius 2 is 2.00 bits per heavy atom. The Balaban J connectivity index is 2.24. The van der Waals surface area contributed by atoms with E-state index in [1.165, 1.54) is 12.1 Å². The highest BCUT2D eigenvalue weighted by molar-refractivity contribution is 9.10. The number of aromatic nitrogens is 2. The second-order valence-corrected chi connectivity index (χ2v) is 5.15. The van der Waals surface area contributed by atoms with Crippen molar-refractivity contribution >= 4 is 27.0 Å². The summed E-state index contributed by atoms with van der Waals surface area (Å²) in [6.07, 6.45) is 0. The molecule has 0 aliphatic rings. The molecule has 0 fully saturated rings. The van der Waals surface area contributed by atoms with Crippen LogP contribution < -0.4 is 0 Å². The van der Waals surface area contributed by atoms with Gasteiger partial charge in [-0.05, 0) is 46.3 Å². The third-order valence-corrected chi connectivity index (χ3v) is 3.72. The van der Waals surface area contributed by atoms with Crippen LogP contribution in [-0.2, 0) is 7.05 Å². The predicted octanol–water partition coefficient (Wildman–Crippen LogP) is 3.85. The van der Waals surface area contributed by atoms with Gasteiger partial charge in [-0.1, -0.05) is 0 Å². The normalized spacial score (nSPS) is 11.1. The lowest BCUT2D eigenvalue weighted by molar-refractivity contribution is 0.472. The second-order valence-electron chi connectivity index (χ2n) is 4.29. The van der Waals surface area contributed by atoms with Crippen LogP contribution in [0.5, 0.6) is 5.75 Å². The molecule has 0 amide bonds. The molecule has 1 N–H and O–H groups in total. The van der Waals surface area contributed by atoms with Crippen LogP contribution in [0.1, 0.15) is 0 Å². The summed E-state index contributed by atoms with van der Waals surface area (Å²) in [5.41, 5.74) is 2.22. The summed E-state index contributed by atoms with van der Waals surface area (Å²) in [7, 11) is 1.86. The first-order valence-electron chi connectivity index (χ1n) is 5.67. The number of aromatic hydroxyl groups is 1. The molecule has 3 rings (SSSR count). The highest BCUT2D eigenvalue weighted by atomic mass is 79.9. The maximum atomic E-state index is 13.2. The van der Waals surface area contributed by atoms with Gasteiger partial charge < -0.3 is 9.67 Å². The molecule has 2 aromatic carbocycles. The van der Waals surface area contributed by atoms with Crippen LogP contribution in [0.15, 0.2) is 40.9 Å². The number of hydrogen-bond acceptors (Lipinski definition) is 2. The lowest BCUT2D eigenvalue weighted by atomic mass is 10.2. The number of fused-ring (bicyclic) bond motifs is 1. The fourth-order valence-electron chi connectivity index (χ4n) is 2.08. The van der Waals surface area contributed by atoms with E-state index in [0.717, 1.165) is 11.1 Å². The van der Waals surface area contributed by atoms with E-state index in [0.29, 0.717) is 15.8 Å². The number of benzene rings is 2. The molecular weight excluding hydrogens is 311 g/mol. The van der Waals surface area contributed by atoms with Gasteiger partial charge in [0.1, 0.15) is 17.4 Å². The molecule has 0 aliphatic carbocycles. The molecule has 3 aromatic rings. The maximum Gasteiger partial charge on any atom is 0.140 e. The quantitative estimate of drug-likeness (QED) is 0.739. The van der Waals surface area contributed by atoms with Gasteiger partial charge in [0.05, 0.1) is 15.5 Å². The minimum atomic E-state index is -0.309. The Bertz CT molecular complexity index is 782. The molecule has 3 nitrogen and oxygen atoms in total. The van der Waals surface area contributed by atoms with Crippen LogP contribution in [0.4, 0.5) is 4.39 Å². The average Bonchev–Trinajstić information content (AvgIpc) is 2.70. The average molecular weight is 321 g/mol. The number of aryl methyl sites for hydroxylation is 1. The van der Waals surface area contributed by atoms with E-state index < -0.39 is 0 Å². The fourth-order valence-corrected chi connectivity index (χ4v) is 2.33. The fraction of sp³-hybridized carbons (Fsp3) is 0.0714. The topological polar surface area (TPSA) is 38.0 Å². The van der Waals surface area contributed by atoms with Crippen molar-refractivity contribution in [2.45, 2.75) is 0 Å². The molecule has 19 heavy (non-hydrogen) atoms. The Hall–Kier alpha value is -1.88. The molecule has 0 saturated carbocycles. The van der Waals surface area contributed by atoms with Crippen molar-refractivity contribution < 1.29 is 9.50 Å². The third-order valence-electron chi connectivity index (χ3n) is 3.05. The van der Waals surface area contributed by atoms with Gasteiger partial charge in [-0.15, -0.1) is 0 Å². The monoisotopic (exact) mass is 320 g/mol. The molecular formula is C14H10BrFN2O. The standard InChI is InChI=1S/C14H10BrFN2O/c1-18-12-5-3-9(16)7-11(12)17-14(18)8-2-4-10(15)13(19)6-8/h2-7,19H,1H3. The van der Waals surface area contributed by atoms with Crippen molar-refractivity contribution in [2.75, 3.05) is 0 Å². The third kappa shape index (κ3) is 2.00. The Labute approximate surface area is 117 Å². The van der Waals surface area contributed by atoms with E-state index in [-0.39, 0.29) is 11.6 Å². The van der Waals surface area contributed by atoms with Crippen LogP contribution in [0.25, 0.3) is 22.4 Å². The lowest BCUT2D eigenvalue weighted by Crippen LogP contribution is -1.92. The van der Waals surface area contributed by atoms with E-state index in [1.54, 1.807) is 18.2 Å². The van der Waals surface area contributed by atoms with E-state index in [1.807, 2.05) is 17.7 Å². The Morgan fingerprint density at radius 3 is 2.74 bits per heavy atom. The number of nitrogens with zero attached hydrogens (tertiary/aromatic N) is 2. The number of imidazole rings is 1. The molecule has 1 heterocycles. The van der Waals surface area contributed by atoms with Crippen molar-refractivity contribution in [1.82, 2.24) is 9.55 Å². The molecule has 0 saturated heterocycles. The second kappa shape index (κ2) is 4.35. The summed E-state index contributed by atoms with van der Waals surface area (Å²) < 4.78 is 15.7. The van der Waals surface area contributed by atoms with Gasteiger partial charge in [-0.25, -0.2) is 9.37 Å². The number of hydrogen-bond donors (Lipinski definition) is 1. The van der Waals surface area contributed by atoms with Gasteiger partial charge in [0.2, 0.25) is 0 Å². The summed E-state index contributed by atoms with van der Waals surface area (Å²) in [4.78, 5) is 4.41. The van der Waals surface area contributed by atoms with Gasteiger partial charge in [0.25, 0.3) is 0 Å². The van der Waals surface area contributed by atoms with E-state index in [2.05, 4.69) is 20.9 Å². The molecule has 5 heteroatoms. The molecule has 0 radical (unpaired) electrons. The lowest BCUT2D eigenvalue weighted by Gasteiger charge is -2.04. The van der Waals surface area contributed by atoms with Crippen molar-refractivity contribution in [3.63, 3.8) is 0 Å². The van der Waals surface area contributed by atoms with Crippen LogP contribution in [0.3, 0.4) is 0 Å². The smallest absolute Gasteiger partial charge is 0.140 e. The van der Waals surface area contributed by atoms with Crippen LogP contribution in [-0.4, -0.2) is 14.7 Å². The molecule has 0 aliphatic heterocycles. The minimum absolute atomic E-state index is 0.149. The highest BCUT2D eigenvalue weighted by Crippen LogP contribution is 2.30. The summed E-state index contributed by atoms with van der Waals surface area (Å²) in [5.74, 6) is 0.523. The minimum Gasteiger partial charge on any atom is -0.507 e. The number of halogens is 2. The zero-order valence-electron chi connectivity index (χ0n) is 10.1. The SMILES string of the molecule is Cn1c(-c2ccc(Br)c(O)c2)nc2cc(F)ccc21. The number of phenolic OH excluding ortho intramolecular Hbond substituents is 1. The number of rotatable bonds is 1. The zero-order chi connectivity index (χ0) is 13.6. The summed E-state index contributed by atoms with van der Waals surface area (Å²) in [6.45, 7) is 0. The molecule has 0 spiro atoms. The molecule has 0 unspecified atom stereocenters. The van der Waals surface area contributed by atoms with Gasteiger partial charge in [-0.2, -0.15) is 0 Å². The maximum absolute atomic E-state index is 13.2. The van der Waals surface area contributed by atoms with Gasteiger partial charge >= 0.3 is 0 Å². The van der Waals surface area contributed by atoms with Crippen LogP contribution in [0, 0.1) is 5.82 Å². The van der Waals surface area contributed by atoms with E-state index >= 15 is 0 Å². The highest BCUT2D eigenvalue weighted by Gasteiger charge is 2.11. The Morgan fingerprint density at radius 1 is 1.21 bits per heavy atom.